The number of rotatable bonds is 4. The third kappa shape index (κ3) is 2.78. The van der Waals surface area contributed by atoms with Gasteiger partial charge in [-0.3, -0.25) is 9.78 Å². The monoisotopic (exact) mass is 350 g/mol. The summed E-state index contributed by atoms with van der Waals surface area (Å²) in [5.74, 6) is 1.23. The highest BCUT2D eigenvalue weighted by Gasteiger charge is 2.34. The number of nitrogens with zero attached hydrogens (tertiary/aromatic N) is 3. The smallest absolute Gasteiger partial charge is 0.254 e. The van der Waals surface area contributed by atoms with Gasteiger partial charge in [-0.2, -0.15) is 0 Å². The van der Waals surface area contributed by atoms with Crippen molar-refractivity contribution in [3.8, 4) is 0 Å². The fourth-order valence-corrected chi connectivity index (χ4v) is 3.77. The predicted octanol–water partition coefficient (Wildman–Crippen LogP) is 1.75. The zero-order valence-corrected chi connectivity index (χ0v) is 14.6. The molecule has 0 aromatic carbocycles. The van der Waals surface area contributed by atoms with Gasteiger partial charge in [0.2, 0.25) is 0 Å². The largest absolute Gasteiger partial charge is 0.368 e. The molecule has 5 rings (SSSR count). The number of carbonyl (C=O) groups is 1. The van der Waals surface area contributed by atoms with Crippen LogP contribution in [0.3, 0.4) is 0 Å². The Morgan fingerprint density at radius 2 is 1.96 bits per heavy atom. The molecule has 4 heterocycles. The summed E-state index contributed by atoms with van der Waals surface area (Å²) < 4.78 is 0. The molecule has 7 nitrogen and oxygen atoms in total. The second-order valence-corrected chi connectivity index (χ2v) is 7.13. The van der Waals surface area contributed by atoms with Crippen LogP contribution in [0.25, 0.3) is 0 Å². The molecule has 134 valence electrons. The minimum Gasteiger partial charge on any atom is -0.368 e. The van der Waals surface area contributed by atoms with Crippen molar-refractivity contribution in [1.82, 2.24) is 20.6 Å². The molecule has 2 aliphatic heterocycles. The third-order valence-corrected chi connectivity index (χ3v) is 5.32. The number of piperazine rings is 1. The van der Waals surface area contributed by atoms with Crippen LogP contribution in [0.1, 0.15) is 40.4 Å². The first-order valence-electron chi connectivity index (χ1n) is 9.28. The van der Waals surface area contributed by atoms with Gasteiger partial charge in [0, 0.05) is 49.9 Å². The second kappa shape index (κ2) is 6.25. The van der Waals surface area contributed by atoms with E-state index < -0.39 is 0 Å². The Hall–Kier alpha value is -2.67. The van der Waals surface area contributed by atoms with Gasteiger partial charge in [0.05, 0.1) is 29.3 Å². The molecule has 1 saturated heterocycles. The minimum atomic E-state index is -0.0239. The van der Waals surface area contributed by atoms with Gasteiger partial charge >= 0.3 is 0 Å². The molecule has 1 aliphatic carbocycles. The molecule has 1 amide bonds. The van der Waals surface area contributed by atoms with Crippen molar-refractivity contribution in [2.45, 2.75) is 25.3 Å². The molecular weight excluding hydrogens is 328 g/mol. The molecule has 3 aliphatic rings. The lowest BCUT2D eigenvalue weighted by Crippen LogP contribution is -2.43. The lowest BCUT2D eigenvalue weighted by Gasteiger charge is -2.29. The van der Waals surface area contributed by atoms with E-state index >= 15 is 0 Å². The van der Waals surface area contributed by atoms with Crippen molar-refractivity contribution >= 4 is 23.1 Å². The quantitative estimate of drug-likeness (QED) is 0.779. The Morgan fingerprint density at radius 3 is 2.69 bits per heavy atom. The molecule has 1 saturated carbocycles. The third-order valence-electron chi connectivity index (χ3n) is 5.32. The topological polar surface area (TPSA) is 82.2 Å². The number of hydrogen-bond acceptors (Lipinski definition) is 6. The lowest BCUT2D eigenvalue weighted by molar-refractivity contribution is 0.0966. The predicted molar refractivity (Wildman–Crippen MR) is 100.0 cm³/mol. The number of anilines is 3. The van der Waals surface area contributed by atoms with Gasteiger partial charge in [-0.25, -0.2) is 4.98 Å². The molecule has 0 atom stereocenters. The highest BCUT2D eigenvalue weighted by atomic mass is 16.1. The highest BCUT2D eigenvalue weighted by molar-refractivity contribution is 6.04. The summed E-state index contributed by atoms with van der Waals surface area (Å²) in [7, 11) is 0. The molecule has 26 heavy (non-hydrogen) atoms. The van der Waals surface area contributed by atoms with E-state index in [1.54, 1.807) is 6.20 Å². The molecule has 2 aromatic rings. The van der Waals surface area contributed by atoms with Crippen molar-refractivity contribution in [1.29, 1.82) is 0 Å². The lowest BCUT2D eigenvalue weighted by atomic mass is 10.0. The standard InChI is InChI=1S/C19H22N6O/c26-19-17-14(10-23-19)18(12-1-2-12)22-11-15(17)24-16-4-3-13(9-21-16)25-7-5-20-6-8-25/h3-4,9,11-12,20H,1-2,5-8,10H2,(H,21,24)(H,23,26). The Balaban J connectivity index is 1.39. The molecule has 0 unspecified atom stereocenters. The SMILES string of the molecule is O=C1NCc2c(C3CC3)ncc(Nc3ccc(N4CCNCC4)cn3)c21. The van der Waals surface area contributed by atoms with Crippen LogP contribution in [0.4, 0.5) is 17.2 Å². The van der Waals surface area contributed by atoms with Crippen LogP contribution in [0.5, 0.6) is 0 Å². The van der Waals surface area contributed by atoms with E-state index in [1.165, 1.54) is 12.8 Å². The van der Waals surface area contributed by atoms with Gasteiger partial charge in [0.25, 0.3) is 5.91 Å². The summed E-state index contributed by atoms with van der Waals surface area (Å²) in [6.07, 6.45) is 6.02. The van der Waals surface area contributed by atoms with Crippen molar-refractivity contribution in [2.75, 3.05) is 36.4 Å². The first kappa shape index (κ1) is 15.6. The van der Waals surface area contributed by atoms with Crippen molar-refractivity contribution in [2.24, 2.45) is 0 Å². The van der Waals surface area contributed by atoms with Crippen LogP contribution in [-0.2, 0) is 6.54 Å². The average molecular weight is 350 g/mol. The van der Waals surface area contributed by atoms with Crippen LogP contribution in [-0.4, -0.2) is 42.1 Å². The molecule has 2 fully saturated rings. The van der Waals surface area contributed by atoms with Crippen LogP contribution in [0, 0.1) is 0 Å². The summed E-state index contributed by atoms with van der Waals surface area (Å²) in [4.78, 5) is 23.8. The number of fused-ring (bicyclic) bond motifs is 1. The van der Waals surface area contributed by atoms with Gasteiger partial charge in [0.1, 0.15) is 5.82 Å². The van der Waals surface area contributed by atoms with Gasteiger partial charge in [-0.15, -0.1) is 0 Å². The van der Waals surface area contributed by atoms with E-state index in [-0.39, 0.29) is 5.91 Å². The maximum Gasteiger partial charge on any atom is 0.254 e. The Kier molecular flexibility index (Phi) is 3.74. The molecule has 0 bridgehead atoms. The summed E-state index contributed by atoms with van der Waals surface area (Å²) in [5.41, 5.74) is 4.74. The van der Waals surface area contributed by atoms with E-state index in [1.807, 2.05) is 12.3 Å². The Morgan fingerprint density at radius 1 is 1.12 bits per heavy atom. The first-order valence-corrected chi connectivity index (χ1v) is 9.28. The number of pyridine rings is 2. The number of amides is 1. The van der Waals surface area contributed by atoms with Crippen LogP contribution < -0.4 is 20.9 Å². The van der Waals surface area contributed by atoms with E-state index in [0.717, 1.165) is 60.2 Å². The minimum absolute atomic E-state index is 0.0239. The van der Waals surface area contributed by atoms with Crippen molar-refractivity contribution in [3.63, 3.8) is 0 Å². The number of carbonyl (C=O) groups excluding carboxylic acids is 1. The van der Waals surface area contributed by atoms with Gasteiger partial charge in [-0.1, -0.05) is 0 Å². The van der Waals surface area contributed by atoms with E-state index in [0.29, 0.717) is 12.5 Å². The van der Waals surface area contributed by atoms with E-state index in [2.05, 4.69) is 36.9 Å². The zero-order chi connectivity index (χ0) is 17.5. The molecular formula is C19H22N6O. The maximum absolute atomic E-state index is 12.3. The van der Waals surface area contributed by atoms with Crippen LogP contribution in [0.2, 0.25) is 0 Å². The van der Waals surface area contributed by atoms with Crippen molar-refractivity contribution in [3.05, 3.63) is 41.3 Å². The maximum atomic E-state index is 12.3. The number of nitrogens with one attached hydrogen (secondary N) is 3. The fraction of sp³-hybridized carbons (Fsp3) is 0.421. The van der Waals surface area contributed by atoms with E-state index in [9.17, 15) is 4.79 Å². The first-order chi connectivity index (χ1) is 12.8. The van der Waals surface area contributed by atoms with Crippen LogP contribution in [0.15, 0.2) is 24.5 Å². The number of aromatic nitrogens is 2. The van der Waals surface area contributed by atoms with Crippen molar-refractivity contribution < 1.29 is 4.79 Å². The summed E-state index contributed by atoms with van der Waals surface area (Å²) in [5, 5.41) is 9.57. The summed E-state index contributed by atoms with van der Waals surface area (Å²) in [6, 6.07) is 4.04. The number of hydrogen-bond donors (Lipinski definition) is 3. The Bertz CT molecular complexity index is 840. The Labute approximate surface area is 152 Å². The molecule has 0 radical (unpaired) electrons. The zero-order valence-electron chi connectivity index (χ0n) is 14.6. The normalized spacial score (nSPS) is 19.2. The fourth-order valence-electron chi connectivity index (χ4n) is 3.77. The second-order valence-electron chi connectivity index (χ2n) is 7.13. The molecule has 7 heteroatoms. The van der Waals surface area contributed by atoms with E-state index in [4.69, 9.17) is 0 Å². The molecule has 2 aromatic heterocycles. The molecule has 0 spiro atoms. The van der Waals surface area contributed by atoms with Crippen LogP contribution >= 0.6 is 0 Å². The highest BCUT2D eigenvalue weighted by Crippen LogP contribution is 2.43. The van der Waals surface area contributed by atoms with Gasteiger partial charge in [-0.05, 0) is 25.0 Å². The average Bonchev–Trinajstić information content (AvgIpc) is 3.46. The summed E-state index contributed by atoms with van der Waals surface area (Å²) in [6.45, 7) is 4.57. The molecule has 3 N–H and O–H groups in total. The van der Waals surface area contributed by atoms with Gasteiger partial charge in [0.15, 0.2) is 0 Å². The summed E-state index contributed by atoms with van der Waals surface area (Å²) >= 11 is 0. The van der Waals surface area contributed by atoms with Gasteiger partial charge < -0.3 is 20.9 Å².